The van der Waals surface area contributed by atoms with Gasteiger partial charge in [0.15, 0.2) is 0 Å². The maximum atomic E-state index is 10.6. The Morgan fingerprint density at radius 2 is 2.32 bits per heavy atom. The third-order valence-electron chi connectivity index (χ3n) is 4.32. The summed E-state index contributed by atoms with van der Waals surface area (Å²) in [6.45, 7) is 2.24. The Kier molecular flexibility index (Phi) is 4.88. The van der Waals surface area contributed by atoms with Gasteiger partial charge in [-0.05, 0) is 36.5 Å². The molecule has 0 aromatic heterocycles. The third kappa shape index (κ3) is 3.50. The largest absolute Gasteiger partial charge is 0.390 e. The van der Waals surface area contributed by atoms with Crippen LogP contribution in [0.25, 0.3) is 0 Å². The van der Waals surface area contributed by atoms with E-state index in [9.17, 15) is 5.11 Å². The van der Waals surface area contributed by atoms with Crippen LogP contribution in [0.2, 0.25) is 5.02 Å². The summed E-state index contributed by atoms with van der Waals surface area (Å²) in [5.41, 5.74) is 0.676. The monoisotopic (exact) mass is 282 g/mol. The zero-order valence-corrected chi connectivity index (χ0v) is 12.5. The number of aliphatic hydroxyl groups is 1. The first-order valence-corrected chi connectivity index (χ1v) is 7.41. The Morgan fingerprint density at radius 3 is 2.95 bits per heavy atom. The van der Waals surface area contributed by atoms with Crippen LogP contribution < -0.4 is 0 Å². The molecule has 0 saturated heterocycles. The smallest absolute Gasteiger partial charge is 0.0942 e. The van der Waals surface area contributed by atoms with E-state index in [0.29, 0.717) is 17.4 Å². The van der Waals surface area contributed by atoms with Crippen molar-refractivity contribution in [3.63, 3.8) is 0 Å². The van der Waals surface area contributed by atoms with Crippen LogP contribution in [-0.2, 0) is 11.2 Å². The molecule has 0 amide bonds. The van der Waals surface area contributed by atoms with Crippen LogP contribution in [-0.4, -0.2) is 23.9 Å². The fourth-order valence-electron chi connectivity index (χ4n) is 3.24. The first-order valence-electron chi connectivity index (χ1n) is 7.03. The lowest BCUT2D eigenvalue weighted by Crippen LogP contribution is -2.48. The SMILES string of the molecule is COC1(C(O)Cc2cccc(Cl)c2)CCCC(C)C1. The second-order valence-electron chi connectivity index (χ2n) is 5.82. The molecule has 1 aliphatic rings. The van der Waals surface area contributed by atoms with E-state index in [4.69, 9.17) is 16.3 Å². The van der Waals surface area contributed by atoms with Crippen molar-refractivity contribution in [2.24, 2.45) is 5.92 Å². The van der Waals surface area contributed by atoms with Gasteiger partial charge >= 0.3 is 0 Å². The Morgan fingerprint density at radius 1 is 1.53 bits per heavy atom. The number of benzene rings is 1. The van der Waals surface area contributed by atoms with E-state index in [2.05, 4.69) is 6.92 Å². The van der Waals surface area contributed by atoms with Crippen molar-refractivity contribution in [3.05, 3.63) is 34.9 Å². The Labute approximate surface area is 120 Å². The highest BCUT2D eigenvalue weighted by Crippen LogP contribution is 2.38. The third-order valence-corrected chi connectivity index (χ3v) is 4.56. The topological polar surface area (TPSA) is 29.5 Å². The molecule has 1 saturated carbocycles. The lowest BCUT2D eigenvalue weighted by molar-refractivity contribution is -0.131. The van der Waals surface area contributed by atoms with E-state index >= 15 is 0 Å². The summed E-state index contributed by atoms with van der Waals surface area (Å²) in [6.07, 6.45) is 4.36. The highest BCUT2D eigenvalue weighted by atomic mass is 35.5. The predicted molar refractivity (Wildman–Crippen MR) is 78.5 cm³/mol. The summed E-state index contributed by atoms with van der Waals surface area (Å²) in [5.74, 6) is 0.614. The molecule has 2 nitrogen and oxygen atoms in total. The molecule has 0 radical (unpaired) electrons. The number of methoxy groups -OCH3 is 1. The minimum atomic E-state index is -0.473. The maximum Gasteiger partial charge on any atom is 0.0942 e. The van der Waals surface area contributed by atoms with Crippen molar-refractivity contribution < 1.29 is 9.84 Å². The van der Waals surface area contributed by atoms with Gasteiger partial charge in [-0.15, -0.1) is 0 Å². The highest BCUT2D eigenvalue weighted by Gasteiger charge is 2.41. The minimum absolute atomic E-state index is 0.389. The molecule has 0 heterocycles. The number of rotatable bonds is 4. The molecular weight excluding hydrogens is 260 g/mol. The summed E-state index contributed by atoms with van der Waals surface area (Å²) in [5, 5.41) is 11.3. The molecule has 106 valence electrons. The zero-order valence-electron chi connectivity index (χ0n) is 11.7. The van der Waals surface area contributed by atoms with Crippen LogP contribution >= 0.6 is 11.6 Å². The van der Waals surface area contributed by atoms with Gasteiger partial charge in [0, 0.05) is 18.6 Å². The molecule has 2 rings (SSSR count). The Bertz CT molecular complexity index is 421. The molecule has 1 aromatic rings. The van der Waals surface area contributed by atoms with E-state index < -0.39 is 6.10 Å². The van der Waals surface area contributed by atoms with Crippen molar-refractivity contribution in [1.82, 2.24) is 0 Å². The second-order valence-corrected chi connectivity index (χ2v) is 6.26. The van der Waals surface area contributed by atoms with Crippen LogP contribution in [0.3, 0.4) is 0 Å². The first-order chi connectivity index (χ1) is 9.05. The van der Waals surface area contributed by atoms with Gasteiger partial charge in [0.2, 0.25) is 0 Å². The molecule has 3 atom stereocenters. The average molecular weight is 283 g/mol. The van der Waals surface area contributed by atoms with Gasteiger partial charge in [-0.1, -0.05) is 43.5 Å². The standard InChI is InChI=1S/C16H23ClO2/c1-12-5-4-8-16(11-12,19-2)15(18)10-13-6-3-7-14(17)9-13/h3,6-7,9,12,15,18H,4-5,8,10-11H2,1-2H3. The van der Waals surface area contributed by atoms with E-state index in [1.54, 1.807) is 7.11 Å². The second kappa shape index (κ2) is 6.25. The molecule has 3 unspecified atom stereocenters. The van der Waals surface area contributed by atoms with Crippen LogP contribution in [0.5, 0.6) is 0 Å². The molecule has 1 aromatic carbocycles. The fraction of sp³-hybridized carbons (Fsp3) is 0.625. The number of ether oxygens (including phenoxy) is 1. The first kappa shape index (κ1) is 14.8. The molecule has 0 spiro atoms. The van der Waals surface area contributed by atoms with E-state index in [1.807, 2.05) is 24.3 Å². The molecule has 1 fully saturated rings. The van der Waals surface area contributed by atoms with Crippen molar-refractivity contribution in [2.75, 3.05) is 7.11 Å². The van der Waals surface area contributed by atoms with Gasteiger partial charge in [0.25, 0.3) is 0 Å². The van der Waals surface area contributed by atoms with Crippen LogP contribution in [0.15, 0.2) is 24.3 Å². The molecular formula is C16H23ClO2. The molecule has 19 heavy (non-hydrogen) atoms. The molecule has 1 N–H and O–H groups in total. The average Bonchev–Trinajstić information content (AvgIpc) is 2.38. The van der Waals surface area contributed by atoms with Crippen molar-refractivity contribution in [1.29, 1.82) is 0 Å². The van der Waals surface area contributed by atoms with Gasteiger partial charge in [-0.3, -0.25) is 0 Å². The van der Waals surface area contributed by atoms with E-state index in [0.717, 1.165) is 24.8 Å². The summed E-state index contributed by atoms with van der Waals surface area (Å²) in [7, 11) is 1.72. The highest BCUT2D eigenvalue weighted by molar-refractivity contribution is 6.30. The lowest BCUT2D eigenvalue weighted by atomic mass is 9.74. The maximum absolute atomic E-state index is 10.6. The van der Waals surface area contributed by atoms with Gasteiger partial charge in [0.1, 0.15) is 0 Å². The summed E-state index contributed by atoms with van der Waals surface area (Å²) in [6, 6.07) is 7.70. The molecule has 1 aliphatic carbocycles. The lowest BCUT2D eigenvalue weighted by Gasteiger charge is -2.42. The normalized spacial score (nSPS) is 29.2. The van der Waals surface area contributed by atoms with E-state index in [-0.39, 0.29) is 5.60 Å². The predicted octanol–water partition coefficient (Wildman–Crippen LogP) is 3.84. The van der Waals surface area contributed by atoms with Crippen molar-refractivity contribution >= 4 is 11.6 Å². The summed E-state index contributed by atoms with van der Waals surface area (Å²) < 4.78 is 5.73. The minimum Gasteiger partial charge on any atom is -0.390 e. The van der Waals surface area contributed by atoms with Crippen LogP contribution in [0, 0.1) is 5.92 Å². The van der Waals surface area contributed by atoms with Gasteiger partial charge < -0.3 is 9.84 Å². The van der Waals surface area contributed by atoms with Gasteiger partial charge in [0.05, 0.1) is 11.7 Å². The Balaban J connectivity index is 2.10. The van der Waals surface area contributed by atoms with Gasteiger partial charge in [-0.2, -0.15) is 0 Å². The summed E-state index contributed by atoms with van der Waals surface area (Å²) in [4.78, 5) is 0. The molecule has 3 heteroatoms. The van der Waals surface area contributed by atoms with Crippen molar-refractivity contribution in [2.45, 2.75) is 50.7 Å². The van der Waals surface area contributed by atoms with Crippen LogP contribution in [0.4, 0.5) is 0 Å². The number of hydrogen-bond acceptors (Lipinski definition) is 2. The molecule has 0 bridgehead atoms. The zero-order chi connectivity index (χ0) is 13.9. The quantitative estimate of drug-likeness (QED) is 0.909. The number of aliphatic hydroxyl groups excluding tert-OH is 1. The van der Waals surface area contributed by atoms with Gasteiger partial charge in [-0.25, -0.2) is 0 Å². The van der Waals surface area contributed by atoms with E-state index in [1.165, 1.54) is 6.42 Å². The van der Waals surface area contributed by atoms with Crippen molar-refractivity contribution in [3.8, 4) is 0 Å². The van der Waals surface area contributed by atoms with Crippen LogP contribution in [0.1, 0.15) is 38.2 Å². The molecule has 0 aliphatic heterocycles. The Hall–Kier alpha value is -0.570. The fourth-order valence-corrected chi connectivity index (χ4v) is 3.45. The summed E-state index contributed by atoms with van der Waals surface area (Å²) >= 11 is 5.99. The number of halogens is 1. The number of hydrogen-bond donors (Lipinski definition) is 1.